The number of rotatable bonds is 8. The van der Waals surface area contributed by atoms with E-state index in [-0.39, 0.29) is 24.9 Å². The maximum atomic E-state index is 12.5. The summed E-state index contributed by atoms with van der Waals surface area (Å²) in [5.74, 6) is 0.655. The molecular weight excluding hydrogens is 354 g/mol. The highest BCUT2D eigenvalue weighted by atomic mass is 16.5. The lowest BCUT2D eigenvalue weighted by Gasteiger charge is -2.20. The van der Waals surface area contributed by atoms with Crippen LogP contribution in [0.25, 0.3) is 0 Å². The summed E-state index contributed by atoms with van der Waals surface area (Å²) in [6.45, 7) is 4.91. The minimum absolute atomic E-state index is 0.0137. The van der Waals surface area contributed by atoms with Crippen molar-refractivity contribution < 1.29 is 19.2 Å². The van der Waals surface area contributed by atoms with Gasteiger partial charge in [0.15, 0.2) is 13.1 Å². The second-order valence-corrected chi connectivity index (χ2v) is 7.23. The molecule has 0 saturated carbocycles. The van der Waals surface area contributed by atoms with Gasteiger partial charge in [-0.3, -0.25) is 9.59 Å². The molecule has 0 fully saturated rings. The SMILES string of the molecule is COc1cccc(CN(C)C(=O)C[NH+](C)CC(=O)Nc2c(C)cccc2C)c1. The van der Waals surface area contributed by atoms with Gasteiger partial charge in [0.2, 0.25) is 0 Å². The van der Waals surface area contributed by atoms with Crippen LogP contribution in [0.5, 0.6) is 5.75 Å². The molecule has 0 heterocycles. The van der Waals surface area contributed by atoms with Gasteiger partial charge in [-0.25, -0.2) is 0 Å². The number of nitrogens with zero attached hydrogens (tertiary/aromatic N) is 1. The van der Waals surface area contributed by atoms with Crippen LogP contribution in [0.2, 0.25) is 0 Å². The number of likely N-dealkylation sites (N-methyl/N-ethyl adjacent to an activating group) is 2. The zero-order valence-electron chi connectivity index (χ0n) is 17.3. The first kappa shape index (κ1) is 21.4. The maximum Gasteiger partial charge on any atom is 0.279 e. The lowest BCUT2D eigenvalue weighted by atomic mass is 10.1. The molecule has 2 rings (SSSR count). The number of carbonyl (C=O) groups excluding carboxylic acids is 2. The molecule has 0 aliphatic carbocycles. The lowest BCUT2D eigenvalue weighted by molar-refractivity contribution is -0.862. The van der Waals surface area contributed by atoms with Crippen molar-refractivity contribution in [3.8, 4) is 5.75 Å². The van der Waals surface area contributed by atoms with Gasteiger partial charge in [-0.05, 0) is 42.7 Å². The van der Waals surface area contributed by atoms with E-state index in [1.54, 1.807) is 19.1 Å². The van der Waals surface area contributed by atoms with E-state index in [0.717, 1.165) is 33.0 Å². The minimum atomic E-state index is -0.0989. The highest BCUT2D eigenvalue weighted by molar-refractivity contribution is 5.93. The van der Waals surface area contributed by atoms with Crippen LogP contribution in [-0.4, -0.2) is 51.0 Å². The normalized spacial score (nSPS) is 11.6. The predicted molar refractivity (Wildman–Crippen MR) is 111 cm³/mol. The van der Waals surface area contributed by atoms with Crippen molar-refractivity contribution in [1.29, 1.82) is 0 Å². The van der Waals surface area contributed by atoms with Gasteiger partial charge in [0.05, 0.1) is 14.2 Å². The van der Waals surface area contributed by atoms with Crippen molar-refractivity contribution in [2.24, 2.45) is 0 Å². The summed E-state index contributed by atoms with van der Waals surface area (Å²) < 4.78 is 5.22. The van der Waals surface area contributed by atoms with E-state index < -0.39 is 0 Å². The van der Waals surface area contributed by atoms with Crippen molar-refractivity contribution >= 4 is 17.5 Å². The number of amides is 2. The quantitative estimate of drug-likeness (QED) is 0.724. The van der Waals surface area contributed by atoms with Crippen molar-refractivity contribution in [2.75, 3.05) is 39.6 Å². The van der Waals surface area contributed by atoms with Crippen molar-refractivity contribution in [3.63, 3.8) is 0 Å². The number of para-hydroxylation sites is 1. The van der Waals surface area contributed by atoms with Crippen LogP contribution in [0.3, 0.4) is 0 Å². The molecule has 0 aromatic heterocycles. The molecule has 0 bridgehead atoms. The number of hydrogen-bond acceptors (Lipinski definition) is 3. The van der Waals surface area contributed by atoms with E-state index in [2.05, 4.69) is 5.32 Å². The van der Waals surface area contributed by atoms with Crippen molar-refractivity contribution in [1.82, 2.24) is 4.90 Å². The summed E-state index contributed by atoms with van der Waals surface area (Å²) in [6.07, 6.45) is 0. The first-order valence-corrected chi connectivity index (χ1v) is 9.34. The highest BCUT2D eigenvalue weighted by Crippen LogP contribution is 2.19. The number of ether oxygens (including phenoxy) is 1. The number of aryl methyl sites for hydroxylation is 2. The fourth-order valence-corrected chi connectivity index (χ4v) is 3.06. The van der Waals surface area contributed by atoms with Crippen LogP contribution in [0.1, 0.15) is 16.7 Å². The van der Waals surface area contributed by atoms with Gasteiger partial charge < -0.3 is 19.9 Å². The molecule has 2 N–H and O–H groups in total. The standard InChI is InChI=1S/C22H29N3O3/c1-16-8-6-9-17(2)22(16)23-20(26)14-24(3)15-21(27)25(4)13-18-10-7-11-19(12-18)28-5/h6-12H,13-15H2,1-5H3,(H,23,26)/p+1. The predicted octanol–water partition coefficient (Wildman–Crippen LogP) is 1.42. The van der Waals surface area contributed by atoms with Crippen molar-refractivity contribution in [2.45, 2.75) is 20.4 Å². The molecule has 28 heavy (non-hydrogen) atoms. The largest absolute Gasteiger partial charge is 0.497 e. The summed E-state index contributed by atoms with van der Waals surface area (Å²) in [5, 5.41) is 2.97. The molecule has 2 amide bonds. The minimum Gasteiger partial charge on any atom is -0.497 e. The molecule has 2 aromatic carbocycles. The molecule has 0 aliphatic rings. The third-order valence-electron chi connectivity index (χ3n) is 4.64. The Labute approximate surface area is 167 Å². The zero-order valence-corrected chi connectivity index (χ0v) is 17.3. The van der Waals surface area contributed by atoms with E-state index in [4.69, 9.17) is 4.74 Å². The molecular formula is C22H30N3O3+. The summed E-state index contributed by atoms with van der Waals surface area (Å²) >= 11 is 0. The fourth-order valence-electron chi connectivity index (χ4n) is 3.06. The Morgan fingerprint density at radius 3 is 2.36 bits per heavy atom. The van der Waals surface area contributed by atoms with E-state index >= 15 is 0 Å². The average Bonchev–Trinajstić information content (AvgIpc) is 2.64. The van der Waals surface area contributed by atoms with Gasteiger partial charge in [-0.2, -0.15) is 0 Å². The number of anilines is 1. The van der Waals surface area contributed by atoms with Crippen molar-refractivity contribution in [3.05, 3.63) is 59.2 Å². The number of methoxy groups -OCH3 is 1. The molecule has 6 heteroatoms. The Balaban J connectivity index is 1.86. The molecule has 0 spiro atoms. The fraction of sp³-hybridized carbons (Fsp3) is 0.364. The van der Waals surface area contributed by atoms with Gasteiger partial charge in [0.1, 0.15) is 5.75 Å². The number of carbonyl (C=O) groups is 2. The first-order chi connectivity index (χ1) is 13.3. The van der Waals surface area contributed by atoms with E-state index in [1.807, 2.05) is 63.4 Å². The number of quaternary nitrogens is 1. The monoisotopic (exact) mass is 384 g/mol. The maximum absolute atomic E-state index is 12.5. The van der Waals surface area contributed by atoms with Gasteiger partial charge in [-0.15, -0.1) is 0 Å². The zero-order chi connectivity index (χ0) is 20.7. The van der Waals surface area contributed by atoms with Gasteiger partial charge >= 0.3 is 0 Å². The average molecular weight is 385 g/mol. The van der Waals surface area contributed by atoms with Crippen LogP contribution in [0.15, 0.2) is 42.5 Å². The lowest BCUT2D eigenvalue weighted by Crippen LogP contribution is -3.11. The van der Waals surface area contributed by atoms with E-state index in [9.17, 15) is 9.59 Å². The van der Waals surface area contributed by atoms with Gasteiger partial charge in [-0.1, -0.05) is 30.3 Å². The van der Waals surface area contributed by atoms with Gasteiger partial charge in [0, 0.05) is 19.3 Å². The van der Waals surface area contributed by atoms with Crippen LogP contribution in [0, 0.1) is 13.8 Å². The molecule has 150 valence electrons. The Morgan fingerprint density at radius 2 is 1.71 bits per heavy atom. The van der Waals surface area contributed by atoms with E-state index in [0.29, 0.717) is 6.54 Å². The molecule has 0 aliphatic heterocycles. The Kier molecular flexibility index (Phi) is 7.58. The first-order valence-electron chi connectivity index (χ1n) is 9.34. The Morgan fingerprint density at radius 1 is 1.07 bits per heavy atom. The summed E-state index contributed by atoms with van der Waals surface area (Å²) in [5.41, 5.74) is 3.91. The number of benzene rings is 2. The molecule has 0 radical (unpaired) electrons. The smallest absolute Gasteiger partial charge is 0.279 e. The Hall–Kier alpha value is -2.86. The summed E-state index contributed by atoms with van der Waals surface area (Å²) in [4.78, 5) is 27.4. The molecule has 0 saturated heterocycles. The second-order valence-electron chi connectivity index (χ2n) is 7.23. The number of hydrogen-bond donors (Lipinski definition) is 2. The molecule has 6 nitrogen and oxygen atoms in total. The third kappa shape index (κ3) is 6.09. The molecule has 2 aromatic rings. The van der Waals surface area contributed by atoms with Crippen LogP contribution < -0.4 is 15.0 Å². The second kappa shape index (κ2) is 9.90. The summed E-state index contributed by atoms with van der Waals surface area (Å²) in [6, 6.07) is 13.6. The topological polar surface area (TPSA) is 63.1 Å². The Bertz CT molecular complexity index is 815. The molecule has 1 unspecified atom stereocenters. The van der Waals surface area contributed by atoms with Gasteiger partial charge in [0.25, 0.3) is 11.8 Å². The highest BCUT2D eigenvalue weighted by Gasteiger charge is 2.18. The van der Waals surface area contributed by atoms with Crippen LogP contribution >= 0.6 is 0 Å². The van der Waals surface area contributed by atoms with Crippen LogP contribution in [-0.2, 0) is 16.1 Å². The van der Waals surface area contributed by atoms with E-state index in [1.165, 1.54) is 0 Å². The summed E-state index contributed by atoms with van der Waals surface area (Å²) in [7, 11) is 5.24. The van der Waals surface area contributed by atoms with Crippen LogP contribution in [0.4, 0.5) is 5.69 Å². The third-order valence-corrected chi connectivity index (χ3v) is 4.64. The molecule has 1 atom stereocenters. The number of nitrogens with one attached hydrogen (secondary N) is 2.